The molecule has 2 aromatic carbocycles. The summed E-state index contributed by atoms with van der Waals surface area (Å²) >= 11 is 5.99. The first-order valence-corrected chi connectivity index (χ1v) is 10.6. The summed E-state index contributed by atoms with van der Waals surface area (Å²) in [5.41, 5.74) is 5.95. The molecule has 0 amide bonds. The molecule has 4 aromatic rings. The Morgan fingerprint density at radius 2 is 2.00 bits per heavy atom. The van der Waals surface area contributed by atoms with Gasteiger partial charge in [0.2, 0.25) is 0 Å². The molecular weight excluding hydrogens is 531 g/mol. The minimum absolute atomic E-state index is 0.111. The highest BCUT2D eigenvalue weighted by Crippen LogP contribution is 2.37. The number of imidazole rings is 1. The summed E-state index contributed by atoms with van der Waals surface area (Å²) in [6, 6.07) is 14.5. The Bertz CT molecular complexity index is 1210. The molecule has 0 spiro atoms. The minimum atomic E-state index is -0.111. The van der Waals surface area contributed by atoms with Crippen LogP contribution in [-0.4, -0.2) is 20.2 Å². The fraction of sp³-hybridized carbons (Fsp3) is 0.0952. The molecule has 0 saturated heterocycles. The van der Waals surface area contributed by atoms with E-state index in [2.05, 4.69) is 90.3 Å². The number of hydrogen-bond acceptors (Lipinski definition) is 4. The normalized spacial score (nSPS) is 15.5. The Hall–Kier alpha value is -2.26. The smallest absolute Gasteiger partial charge is 0.181 e. The topological polar surface area (TPSA) is 56.2 Å². The van der Waals surface area contributed by atoms with Gasteiger partial charge >= 0.3 is 0 Å². The van der Waals surface area contributed by atoms with Crippen molar-refractivity contribution in [2.45, 2.75) is 13.0 Å². The fourth-order valence-electron chi connectivity index (χ4n) is 3.57. The average molecular weight is 545 g/mol. The van der Waals surface area contributed by atoms with Gasteiger partial charge in [-0.1, -0.05) is 34.1 Å². The highest BCUT2D eigenvalue weighted by molar-refractivity contribution is 14.1. The molecule has 0 N–H and O–H groups in total. The zero-order valence-corrected chi connectivity index (χ0v) is 18.5. The van der Waals surface area contributed by atoms with Crippen LogP contribution in [0.4, 0.5) is 0 Å². The molecule has 0 unspecified atom stereocenters. The molecule has 0 fully saturated rings. The summed E-state index contributed by atoms with van der Waals surface area (Å²) in [6.07, 6.45) is 4.95. The number of benzene rings is 2. The van der Waals surface area contributed by atoms with E-state index in [1.807, 2.05) is 18.5 Å². The number of aromatic nitrogens is 3. The zero-order valence-electron chi connectivity index (χ0n) is 14.8. The molecule has 28 heavy (non-hydrogen) atoms. The minimum Gasteiger partial charge on any atom is -0.442 e. The quantitative estimate of drug-likeness (QED) is 0.299. The number of aliphatic imine (C=N–C) groups is 1. The monoisotopic (exact) mass is 544 g/mol. The standard InChI is InChI=1S/C21H14BrIN4O/c1-12-21-20(18-9-24-11-28-18)25-10-27(21)17-7-6-13(22)8-15(17)19(26-12)14-4-2-3-5-16(14)23/h2-12H,1H3/t12-/m0/s1. The van der Waals surface area contributed by atoms with Crippen molar-refractivity contribution in [2.75, 3.05) is 0 Å². The van der Waals surface area contributed by atoms with Crippen molar-refractivity contribution in [2.24, 2.45) is 4.99 Å². The molecule has 138 valence electrons. The second kappa shape index (κ2) is 6.97. The van der Waals surface area contributed by atoms with Crippen LogP contribution in [0.3, 0.4) is 0 Å². The Labute approximate surface area is 183 Å². The number of fused-ring (bicyclic) bond motifs is 3. The van der Waals surface area contributed by atoms with Crippen molar-refractivity contribution >= 4 is 44.2 Å². The van der Waals surface area contributed by atoms with Gasteiger partial charge in [0.05, 0.1) is 29.3 Å². The van der Waals surface area contributed by atoms with E-state index in [9.17, 15) is 0 Å². The van der Waals surface area contributed by atoms with Crippen molar-refractivity contribution in [3.8, 4) is 17.1 Å². The number of rotatable bonds is 2. The van der Waals surface area contributed by atoms with E-state index in [-0.39, 0.29) is 6.04 Å². The van der Waals surface area contributed by atoms with Crippen LogP contribution in [0.1, 0.15) is 29.8 Å². The van der Waals surface area contributed by atoms with E-state index < -0.39 is 0 Å². The number of halogens is 2. The predicted octanol–water partition coefficient (Wildman–Crippen LogP) is 5.81. The lowest BCUT2D eigenvalue weighted by Crippen LogP contribution is -2.08. The highest BCUT2D eigenvalue weighted by atomic mass is 127. The van der Waals surface area contributed by atoms with Gasteiger partial charge in [-0.25, -0.2) is 9.97 Å². The molecule has 1 aliphatic heterocycles. The van der Waals surface area contributed by atoms with Crippen molar-refractivity contribution in [3.05, 3.63) is 86.2 Å². The first kappa shape index (κ1) is 17.8. The molecule has 3 heterocycles. The van der Waals surface area contributed by atoms with E-state index in [0.29, 0.717) is 5.76 Å². The van der Waals surface area contributed by atoms with Crippen LogP contribution < -0.4 is 0 Å². The van der Waals surface area contributed by atoms with E-state index in [1.54, 1.807) is 6.20 Å². The van der Waals surface area contributed by atoms with Gasteiger partial charge in [0.15, 0.2) is 12.2 Å². The van der Waals surface area contributed by atoms with Gasteiger partial charge in [-0.15, -0.1) is 0 Å². The third-order valence-electron chi connectivity index (χ3n) is 4.79. The van der Waals surface area contributed by atoms with E-state index >= 15 is 0 Å². The highest BCUT2D eigenvalue weighted by Gasteiger charge is 2.28. The SMILES string of the molecule is C[C@@H]1N=C(c2ccccc2I)c2cc(Br)ccc2-n2cnc(-c3cnco3)c21. The maximum Gasteiger partial charge on any atom is 0.181 e. The average Bonchev–Trinajstić information content (AvgIpc) is 3.34. The van der Waals surface area contributed by atoms with Gasteiger partial charge in [-0.3, -0.25) is 9.56 Å². The summed E-state index contributed by atoms with van der Waals surface area (Å²) in [7, 11) is 0. The lowest BCUT2D eigenvalue weighted by molar-refractivity contribution is 0.568. The van der Waals surface area contributed by atoms with Crippen LogP contribution in [-0.2, 0) is 0 Å². The molecule has 2 aromatic heterocycles. The summed E-state index contributed by atoms with van der Waals surface area (Å²) in [4.78, 5) is 13.8. The Morgan fingerprint density at radius 3 is 2.79 bits per heavy atom. The third-order valence-corrected chi connectivity index (χ3v) is 6.22. The molecular formula is C21H14BrIN4O. The predicted molar refractivity (Wildman–Crippen MR) is 120 cm³/mol. The molecule has 0 bridgehead atoms. The van der Waals surface area contributed by atoms with Crippen LogP contribution in [0.25, 0.3) is 17.1 Å². The Morgan fingerprint density at radius 1 is 1.14 bits per heavy atom. The largest absolute Gasteiger partial charge is 0.442 e. The molecule has 0 saturated carbocycles. The van der Waals surface area contributed by atoms with Gasteiger partial charge in [-0.05, 0) is 53.8 Å². The first-order chi connectivity index (χ1) is 13.6. The summed E-state index contributed by atoms with van der Waals surface area (Å²) < 4.78 is 9.81. The number of oxazole rings is 1. The second-order valence-electron chi connectivity index (χ2n) is 6.51. The second-order valence-corrected chi connectivity index (χ2v) is 8.59. The number of nitrogens with zero attached hydrogens (tertiary/aromatic N) is 4. The van der Waals surface area contributed by atoms with Crippen molar-refractivity contribution in [1.29, 1.82) is 0 Å². The molecule has 1 atom stereocenters. The van der Waals surface area contributed by atoms with Gasteiger partial charge in [0.1, 0.15) is 12.0 Å². The van der Waals surface area contributed by atoms with Gasteiger partial charge in [0, 0.05) is 19.2 Å². The van der Waals surface area contributed by atoms with Gasteiger partial charge < -0.3 is 4.42 Å². The molecule has 5 nitrogen and oxygen atoms in total. The first-order valence-electron chi connectivity index (χ1n) is 8.72. The van der Waals surface area contributed by atoms with Crippen LogP contribution in [0.5, 0.6) is 0 Å². The van der Waals surface area contributed by atoms with Gasteiger partial charge in [-0.2, -0.15) is 0 Å². The van der Waals surface area contributed by atoms with Crippen molar-refractivity contribution < 1.29 is 4.42 Å². The molecule has 7 heteroatoms. The molecule has 1 aliphatic rings. The van der Waals surface area contributed by atoms with E-state index in [0.717, 1.165) is 42.0 Å². The van der Waals surface area contributed by atoms with E-state index in [1.165, 1.54) is 6.39 Å². The molecule has 0 aliphatic carbocycles. The maximum absolute atomic E-state index is 5.53. The summed E-state index contributed by atoms with van der Waals surface area (Å²) in [5, 5.41) is 0. The lowest BCUT2D eigenvalue weighted by Gasteiger charge is -2.13. The summed E-state index contributed by atoms with van der Waals surface area (Å²) in [5.74, 6) is 0.646. The Kier molecular flexibility index (Phi) is 4.43. The van der Waals surface area contributed by atoms with Crippen LogP contribution >= 0.6 is 38.5 Å². The van der Waals surface area contributed by atoms with E-state index in [4.69, 9.17) is 9.41 Å². The number of hydrogen-bond donors (Lipinski definition) is 0. The van der Waals surface area contributed by atoms with Crippen molar-refractivity contribution in [1.82, 2.24) is 14.5 Å². The summed E-state index contributed by atoms with van der Waals surface area (Å²) in [6.45, 7) is 2.09. The fourth-order valence-corrected chi connectivity index (χ4v) is 4.58. The third kappa shape index (κ3) is 2.84. The lowest BCUT2D eigenvalue weighted by atomic mass is 10.0. The molecule has 0 radical (unpaired) electrons. The van der Waals surface area contributed by atoms with Gasteiger partial charge in [0.25, 0.3) is 0 Å². The zero-order chi connectivity index (χ0) is 19.3. The van der Waals surface area contributed by atoms with Crippen molar-refractivity contribution in [3.63, 3.8) is 0 Å². The maximum atomic E-state index is 5.53. The van der Waals surface area contributed by atoms with Crippen LogP contribution in [0.2, 0.25) is 0 Å². The Balaban J connectivity index is 1.82. The van der Waals surface area contributed by atoms with Crippen LogP contribution in [0.15, 0.2) is 75.3 Å². The van der Waals surface area contributed by atoms with Crippen LogP contribution in [0, 0.1) is 3.57 Å². The molecule has 5 rings (SSSR count).